The molecule has 0 atom stereocenters. The predicted molar refractivity (Wildman–Crippen MR) is 86.2 cm³/mol. The predicted octanol–water partition coefficient (Wildman–Crippen LogP) is 3.72. The lowest BCUT2D eigenvalue weighted by molar-refractivity contribution is -0.137. The smallest absolute Gasteiger partial charge is 0.345 e. The Bertz CT molecular complexity index is 785. The molecule has 24 heavy (non-hydrogen) atoms. The molecule has 124 valence electrons. The van der Waals surface area contributed by atoms with Gasteiger partial charge in [0, 0.05) is 5.56 Å². The van der Waals surface area contributed by atoms with Gasteiger partial charge in [-0.3, -0.25) is 4.79 Å². The van der Waals surface area contributed by atoms with Gasteiger partial charge in [-0.05, 0) is 36.2 Å². The van der Waals surface area contributed by atoms with Gasteiger partial charge in [0.15, 0.2) is 0 Å². The Kier molecular flexibility index (Phi) is 5.64. The number of carbonyl (C=O) groups is 1. The summed E-state index contributed by atoms with van der Waals surface area (Å²) in [7, 11) is 0. The van der Waals surface area contributed by atoms with Crippen LogP contribution in [0.1, 0.15) is 22.3 Å². The molecule has 0 spiro atoms. The van der Waals surface area contributed by atoms with Gasteiger partial charge in [-0.25, -0.2) is 0 Å². The highest BCUT2D eigenvalue weighted by atomic mass is 19.4. The summed E-state index contributed by atoms with van der Waals surface area (Å²) in [4.78, 5) is 11.8. The van der Waals surface area contributed by atoms with E-state index in [4.69, 9.17) is 0 Å². The number of aryl methyl sites for hydroxylation is 1. The average molecular weight is 331 g/mol. The third kappa shape index (κ3) is 5.17. The second kappa shape index (κ2) is 7.69. The molecule has 0 aromatic heterocycles. The maximum atomic E-state index is 12.6. The molecule has 2 aromatic carbocycles. The minimum Gasteiger partial charge on any atom is -0.345 e. The molecule has 5 heteroatoms. The molecular weight excluding hydrogens is 315 g/mol. The van der Waals surface area contributed by atoms with Crippen molar-refractivity contribution >= 4 is 5.91 Å². The van der Waals surface area contributed by atoms with Crippen LogP contribution in [-0.2, 0) is 17.4 Å². The zero-order valence-electron chi connectivity index (χ0n) is 13.1. The fourth-order valence-corrected chi connectivity index (χ4v) is 2.11. The number of carbonyl (C=O) groups excluding carboxylic acids is 1. The molecule has 1 N–H and O–H groups in total. The highest BCUT2D eigenvalue weighted by Crippen LogP contribution is 2.29. The van der Waals surface area contributed by atoms with E-state index >= 15 is 0 Å². The second-order valence-corrected chi connectivity index (χ2v) is 5.26. The van der Waals surface area contributed by atoms with E-state index in [2.05, 4.69) is 17.2 Å². The number of halogens is 3. The van der Waals surface area contributed by atoms with Crippen LogP contribution in [0.15, 0.2) is 48.5 Å². The molecule has 0 heterocycles. The molecule has 2 rings (SSSR count). The normalized spacial score (nSPS) is 10.7. The Morgan fingerprint density at radius 2 is 1.88 bits per heavy atom. The number of amides is 1. The largest absolute Gasteiger partial charge is 0.416 e. The zero-order valence-corrected chi connectivity index (χ0v) is 13.1. The fraction of sp³-hybridized carbons (Fsp3) is 0.211. The van der Waals surface area contributed by atoms with Gasteiger partial charge in [-0.1, -0.05) is 42.2 Å². The van der Waals surface area contributed by atoms with Gasteiger partial charge in [0.25, 0.3) is 0 Å². The summed E-state index contributed by atoms with van der Waals surface area (Å²) in [6.07, 6.45) is -4.14. The van der Waals surface area contributed by atoms with Gasteiger partial charge in [-0.2, -0.15) is 13.2 Å². The standard InChI is InChI=1S/C19H16F3NO/c1-14-6-2-3-9-16(14)13-18(24)23-11-5-8-15-7-4-10-17(12-15)19(20,21)22/h2-4,6-7,9-10,12H,11,13H2,1H3,(H,23,24). The Hall–Kier alpha value is -2.74. The summed E-state index contributed by atoms with van der Waals surface area (Å²) in [6.45, 7) is 2.01. The summed E-state index contributed by atoms with van der Waals surface area (Å²) in [5, 5.41) is 2.64. The van der Waals surface area contributed by atoms with E-state index in [1.54, 1.807) is 0 Å². The van der Waals surface area contributed by atoms with Crippen molar-refractivity contribution in [3.8, 4) is 11.8 Å². The van der Waals surface area contributed by atoms with Crippen molar-refractivity contribution in [1.29, 1.82) is 0 Å². The van der Waals surface area contributed by atoms with E-state index in [1.165, 1.54) is 12.1 Å². The van der Waals surface area contributed by atoms with Crippen LogP contribution < -0.4 is 5.32 Å². The van der Waals surface area contributed by atoms with E-state index in [0.29, 0.717) is 0 Å². The summed E-state index contributed by atoms with van der Waals surface area (Å²) in [6, 6.07) is 12.4. The van der Waals surface area contributed by atoms with Crippen LogP contribution in [-0.4, -0.2) is 12.5 Å². The molecule has 0 saturated carbocycles. The molecular formula is C19H16F3NO. The first-order chi connectivity index (χ1) is 11.4. The number of nitrogens with one attached hydrogen (secondary N) is 1. The number of rotatable bonds is 3. The molecule has 0 unspecified atom stereocenters. The van der Waals surface area contributed by atoms with Crippen molar-refractivity contribution in [3.05, 3.63) is 70.8 Å². The van der Waals surface area contributed by atoms with E-state index in [1.807, 2.05) is 31.2 Å². The van der Waals surface area contributed by atoms with Crippen molar-refractivity contribution in [2.45, 2.75) is 19.5 Å². The van der Waals surface area contributed by atoms with Crippen molar-refractivity contribution in [2.24, 2.45) is 0 Å². The number of benzene rings is 2. The highest BCUT2D eigenvalue weighted by Gasteiger charge is 2.30. The molecule has 2 nitrogen and oxygen atoms in total. The first-order valence-corrected chi connectivity index (χ1v) is 7.33. The van der Waals surface area contributed by atoms with Crippen molar-refractivity contribution in [3.63, 3.8) is 0 Å². The monoisotopic (exact) mass is 331 g/mol. The molecule has 0 aliphatic heterocycles. The summed E-state index contributed by atoms with van der Waals surface area (Å²) in [5.74, 6) is 5.11. The second-order valence-electron chi connectivity index (χ2n) is 5.26. The molecule has 0 aliphatic rings. The van der Waals surface area contributed by atoms with Gasteiger partial charge in [0.05, 0.1) is 18.5 Å². The highest BCUT2D eigenvalue weighted by molar-refractivity contribution is 5.79. The van der Waals surface area contributed by atoms with Crippen LogP contribution in [0.5, 0.6) is 0 Å². The Morgan fingerprint density at radius 1 is 1.12 bits per heavy atom. The van der Waals surface area contributed by atoms with Gasteiger partial charge < -0.3 is 5.32 Å². The maximum Gasteiger partial charge on any atom is 0.416 e. The minimum atomic E-state index is -4.39. The number of alkyl halides is 3. The zero-order chi connectivity index (χ0) is 17.6. The van der Waals surface area contributed by atoms with Crippen molar-refractivity contribution in [1.82, 2.24) is 5.32 Å². The van der Waals surface area contributed by atoms with Gasteiger partial charge in [0.1, 0.15) is 0 Å². The third-order valence-electron chi connectivity index (χ3n) is 3.41. The van der Waals surface area contributed by atoms with Crippen LogP contribution in [0.3, 0.4) is 0 Å². The molecule has 0 bridgehead atoms. The van der Waals surface area contributed by atoms with Gasteiger partial charge in [0.2, 0.25) is 5.91 Å². The average Bonchev–Trinajstić information content (AvgIpc) is 2.53. The van der Waals surface area contributed by atoms with E-state index in [0.717, 1.165) is 23.3 Å². The summed E-state index contributed by atoms with van der Waals surface area (Å²) >= 11 is 0. The van der Waals surface area contributed by atoms with E-state index in [-0.39, 0.29) is 24.4 Å². The van der Waals surface area contributed by atoms with Crippen LogP contribution in [0.25, 0.3) is 0 Å². The van der Waals surface area contributed by atoms with Gasteiger partial charge in [-0.15, -0.1) is 0 Å². The Morgan fingerprint density at radius 3 is 2.58 bits per heavy atom. The summed E-state index contributed by atoms with van der Waals surface area (Å²) in [5.41, 5.74) is 1.49. The van der Waals surface area contributed by atoms with E-state index in [9.17, 15) is 18.0 Å². The van der Waals surface area contributed by atoms with Crippen LogP contribution in [0, 0.1) is 18.8 Å². The van der Waals surface area contributed by atoms with E-state index < -0.39 is 11.7 Å². The lowest BCUT2D eigenvalue weighted by Gasteiger charge is -2.06. The van der Waals surface area contributed by atoms with Crippen LogP contribution >= 0.6 is 0 Å². The maximum absolute atomic E-state index is 12.6. The first kappa shape index (κ1) is 17.6. The third-order valence-corrected chi connectivity index (χ3v) is 3.41. The van der Waals surface area contributed by atoms with Crippen LogP contribution in [0.2, 0.25) is 0 Å². The molecule has 1 amide bonds. The Balaban J connectivity index is 1.90. The SMILES string of the molecule is Cc1ccccc1CC(=O)NCC#Cc1cccc(C(F)(F)F)c1. The van der Waals surface area contributed by atoms with Crippen molar-refractivity contribution < 1.29 is 18.0 Å². The topological polar surface area (TPSA) is 29.1 Å². The number of hydrogen-bond donors (Lipinski definition) is 1. The lowest BCUT2D eigenvalue weighted by atomic mass is 10.1. The van der Waals surface area contributed by atoms with Crippen molar-refractivity contribution in [2.75, 3.05) is 6.54 Å². The number of hydrogen-bond acceptors (Lipinski definition) is 1. The molecule has 0 radical (unpaired) electrons. The lowest BCUT2D eigenvalue weighted by Crippen LogP contribution is -2.25. The summed E-state index contributed by atoms with van der Waals surface area (Å²) < 4.78 is 37.8. The molecule has 0 fully saturated rings. The molecule has 2 aromatic rings. The molecule has 0 aliphatic carbocycles. The minimum absolute atomic E-state index is 0.0843. The quantitative estimate of drug-likeness (QED) is 0.853. The van der Waals surface area contributed by atoms with Crippen LogP contribution in [0.4, 0.5) is 13.2 Å². The molecule has 0 saturated heterocycles. The Labute approximate surface area is 138 Å². The first-order valence-electron chi connectivity index (χ1n) is 7.33. The fourth-order valence-electron chi connectivity index (χ4n) is 2.11. The van der Waals surface area contributed by atoms with Gasteiger partial charge >= 0.3 is 6.18 Å².